The Morgan fingerprint density at radius 2 is 2.00 bits per heavy atom. The average Bonchev–Trinajstić information content (AvgIpc) is 2.17. The van der Waals surface area contributed by atoms with Crippen LogP contribution in [0.5, 0.6) is 0 Å². The highest BCUT2D eigenvalue weighted by Crippen LogP contribution is 2.18. The van der Waals surface area contributed by atoms with E-state index in [0.29, 0.717) is 6.04 Å². The van der Waals surface area contributed by atoms with Crippen molar-refractivity contribution in [3.63, 3.8) is 0 Å². The zero-order chi connectivity index (χ0) is 11.3. The summed E-state index contributed by atoms with van der Waals surface area (Å²) in [6, 6.07) is 6.83. The first-order valence-electron chi connectivity index (χ1n) is 5.39. The van der Waals surface area contributed by atoms with Gasteiger partial charge in [-0.3, -0.25) is 5.32 Å². The first-order valence-corrected chi connectivity index (χ1v) is 5.39. The van der Waals surface area contributed by atoms with Gasteiger partial charge in [-0.15, -0.1) is 0 Å². The van der Waals surface area contributed by atoms with Crippen molar-refractivity contribution < 1.29 is 0 Å². The van der Waals surface area contributed by atoms with Crippen molar-refractivity contribution in [2.75, 3.05) is 24.3 Å². The molecular formula is C12H21N3. The van der Waals surface area contributed by atoms with Crippen LogP contribution in [0, 0.1) is 6.92 Å². The molecule has 0 bridgehead atoms. The lowest BCUT2D eigenvalue weighted by Crippen LogP contribution is -2.28. The minimum absolute atomic E-state index is 0.509. The summed E-state index contributed by atoms with van der Waals surface area (Å²) in [6.45, 7) is 7.18. The molecule has 3 heteroatoms. The minimum Gasteiger partial charge on any atom is -0.388 e. The van der Waals surface area contributed by atoms with Crippen LogP contribution in [0.2, 0.25) is 0 Å². The number of hydrogen-bond acceptors (Lipinski definition) is 3. The summed E-state index contributed by atoms with van der Waals surface area (Å²) < 4.78 is 0. The first kappa shape index (κ1) is 11.9. The second-order valence-corrected chi connectivity index (χ2v) is 3.99. The molecular weight excluding hydrogens is 186 g/mol. The molecule has 0 aliphatic rings. The molecule has 0 heterocycles. The van der Waals surface area contributed by atoms with E-state index in [2.05, 4.69) is 54.9 Å². The quantitative estimate of drug-likeness (QED) is 0.649. The Balaban J connectivity index is 2.52. The van der Waals surface area contributed by atoms with Crippen LogP contribution in [0.1, 0.15) is 19.4 Å². The van der Waals surface area contributed by atoms with Crippen molar-refractivity contribution in [2.45, 2.75) is 26.8 Å². The fourth-order valence-electron chi connectivity index (χ4n) is 1.41. The lowest BCUT2D eigenvalue weighted by Gasteiger charge is -2.12. The maximum Gasteiger partial charge on any atom is 0.0655 e. The number of nitrogens with one attached hydrogen (secondary N) is 3. The predicted octanol–water partition coefficient (Wildman–Crippen LogP) is 2.40. The first-order chi connectivity index (χ1) is 7.13. The van der Waals surface area contributed by atoms with E-state index in [9.17, 15) is 0 Å². The standard InChI is InChI=1S/C12H21N3/c1-9(2)14-8-15-11-5-6-12(13-4)10(3)7-11/h5-7,9,13-15H,8H2,1-4H3. The van der Waals surface area contributed by atoms with E-state index < -0.39 is 0 Å². The molecule has 84 valence electrons. The van der Waals surface area contributed by atoms with E-state index in [1.54, 1.807) is 0 Å². The molecule has 0 radical (unpaired) electrons. The third-order valence-corrected chi connectivity index (χ3v) is 2.30. The third kappa shape index (κ3) is 3.80. The van der Waals surface area contributed by atoms with Crippen LogP contribution in [0.4, 0.5) is 11.4 Å². The average molecular weight is 207 g/mol. The molecule has 3 N–H and O–H groups in total. The molecule has 1 aromatic rings. The lowest BCUT2D eigenvalue weighted by molar-refractivity contribution is 0.618. The highest BCUT2D eigenvalue weighted by Gasteiger charge is 1.97. The fraction of sp³-hybridized carbons (Fsp3) is 0.500. The smallest absolute Gasteiger partial charge is 0.0655 e. The van der Waals surface area contributed by atoms with E-state index in [1.165, 1.54) is 11.3 Å². The second kappa shape index (κ2) is 5.61. The number of hydrogen-bond donors (Lipinski definition) is 3. The molecule has 0 spiro atoms. The number of benzene rings is 1. The van der Waals surface area contributed by atoms with Crippen molar-refractivity contribution in [3.05, 3.63) is 23.8 Å². The van der Waals surface area contributed by atoms with Crippen molar-refractivity contribution in [1.82, 2.24) is 5.32 Å². The largest absolute Gasteiger partial charge is 0.388 e. The molecule has 15 heavy (non-hydrogen) atoms. The molecule has 0 amide bonds. The van der Waals surface area contributed by atoms with Crippen molar-refractivity contribution in [3.8, 4) is 0 Å². The highest BCUT2D eigenvalue weighted by atomic mass is 15.1. The van der Waals surface area contributed by atoms with Crippen LogP contribution in [-0.2, 0) is 0 Å². The van der Waals surface area contributed by atoms with Crippen LogP contribution < -0.4 is 16.0 Å². The van der Waals surface area contributed by atoms with Crippen LogP contribution in [-0.4, -0.2) is 19.8 Å². The zero-order valence-electron chi connectivity index (χ0n) is 10.0. The maximum atomic E-state index is 3.33. The van der Waals surface area contributed by atoms with Gasteiger partial charge in [0.2, 0.25) is 0 Å². The van der Waals surface area contributed by atoms with Gasteiger partial charge in [-0.05, 0) is 44.5 Å². The van der Waals surface area contributed by atoms with Crippen molar-refractivity contribution in [2.24, 2.45) is 0 Å². The van der Waals surface area contributed by atoms with Gasteiger partial charge in [0, 0.05) is 24.5 Å². The molecule has 0 aromatic heterocycles. The molecule has 0 unspecified atom stereocenters. The van der Waals surface area contributed by atoms with E-state index in [4.69, 9.17) is 0 Å². The van der Waals surface area contributed by atoms with E-state index in [-0.39, 0.29) is 0 Å². The Morgan fingerprint density at radius 3 is 2.53 bits per heavy atom. The number of aryl methyl sites for hydroxylation is 1. The number of anilines is 2. The molecule has 0 saturated heterocycles. The Labute approximate surface area is 92.3 Å². The Morgan fingerprint density at radius 1 is 1.27 bits per heavy atom. The highest BCUT2D eigenvalue weighted by molar-refractivity contribution is 5.58. The van der Waals surface area contributed by atoms with Crippen LogP contribution in [0.15, 0.2) is 18.2 Å². The van der Waals surface area contributed by atoms with Crippen LogP contribution in [0.25, 0.3) is 0 Å². The SMILES string of the molecule is CNc1ccc(NCNC(C)C)cc1C. The number of rotatable bonds is 5. The molecule has 0 saturated carbocycles. The van der Waals surface area contributed by atoms with Gasteiger partial charge in [0.15, 0.2) is 0 Å². The lowest BCUT2D eigenvalue weighted by atomic mass is 10.2. The van der Waals surface area contributed by atoms with Gasteiger partial charge in [-0.1, -0.05) is 0 Å². The summed E-state index contributed by atoms with van der Waals surface area (Å²) in [6.07, 6.45) is 0. The fourth-order valence-corrected chi connectivity index (χ4v) is 1.41. The van der Waals surface area contributed by atoms with Crippen LogP contribution in [0.3, 0.4) is 0 Å². The van der Waals surface area contributed by atoms with Gasteiger partial charge in [-0.2, -0.15) is 0 Å². The molecule has 3 nitrogen and oxygen atoms in total. The summed E-state index contributed by atoms with van der Waals surface area (Å²) in [5.41, 5.74) is 3.59. The van der Waals surface area contributed by atoms with Crippen molar-refractivity contribution >= 4 is 11.4 Å². The minimum atomic E-state index is 0.509. The van der Waals surface area contributed by atoms with Gasteiger partial charge in [0.25, 0.3) is 0 Å². The topological polar surface area (TPSA) is 36.1 Å². The van der Waals surface area contributed by atoms with Crippen LogP contribution >= 0.6 is 0 Å². The van der Waals surface area contributed by atoms with Crippen molar-refractivity contribution in [1.29, 1.82) is 0 Å². The summed E-state index contributed by atoms with van der Waals surface area (Å²) >= 11 is 0. The van der Waals surface area contributed by atoms with E-state index in [1.807, 2.05) is 7.05 Å². The Hall–Kier alpha value is -1.22. The molecule has 0 atom stereocenters. The zero-order valence-corrected chi connectivity index (χ0v) is 10.0. The Kier molecular flexibility index (Phi) is 4.43. The molecule has 0 aliphatic heterocycles. The second-order valence-electron chi connectivity index (χ2n) is 3.99. The van der Waals surface area contributed by atoms with Gasteiger partial charge >= 0.3 is 0 Å². The summed E-state index contributed by atoms with van der Waals surface area (Å²) in [4.78, 5) is 0. The van der Waals surface area contributed by atoms with Gasteiger partial charge in [-0.25, -0.2) is 0 Å². The molecule has 0 fully saturated rings. The predicted molar refractivity (Wildman–Crippen MR) is 67.5 cm³/mol. The van der Waals surface area contributed by atoms with Gasteiger partial charge < -0.3 is 10.6 Å². The van der Waals surface area contributed by atoms with Gasteiger partial charge in [0.05, 0.1) is 6.67 Å². The normalized spacial score (nSPS) is 10.5. The van der Waals surface area contributed by atoms with Gasteiger partial charge in [0.1, 0.15) is 0 Å². The van der Waals surface area contributed by atoms with E-state index >= 15 is 0 Å². The monoisotopic (exact) mass is 207 g/mol. The summed E-state index contributed by atoms with van der Waals surface area (Å²) in [5.74, 6) is 0. The molecule has 0 aliphatic carbocycles. The Bertz CT molecular complexity index is 308. The third-order valence-electron chi connectivity index (χ3n) is 2.30. The summed E-state index contributed by atoms with van der Waals surface area (Å²) in [5, 5.41) is 9.80. The summed E-state index contributed by atoms with van der Waals surface area (Å²) in [7, 11) is 1.94. The molecule has 1 aromatic carbocycles. The molecule has 1 rings (SSSR count). The van der Waals surface area contributed by atoms with E-state index in [0.717, 1.165) is 12.4 Å². The maximum absolute atomic E-state index is 3.33.